The topological polar surface area (TPSA) is 232 Å². The van der Waals surface area contributed by atoms with Gasteiger partial charge in [0.05, 0.1) is 59.5 Å². The summed E-state index contributed by atoms with van der Waals surface area (Å²) in [6.07, 6.45) is -2.55. The van der Waals surface area contributed by atoms with Crippen LogP contribution in [0.15, 0.2) is 121 Å². The van der Waals surface area contributed by atoms with Gasteiger partial charge < -0.3 is 76.9 Å². The van der Waals surface area contributed by atoms with E-state index < -0.39 is 74.4 Å². The van der Waals surface area contributed by atoms with Gasteiger partial charge in [0.15, 0.2) is 0 Å². The zero-order valence-electron chi connectivity index (χ0n) is 40.1. The van der Waals surface area contributed by atoms with Crippen molar-refractivity contribution in [3.8, 4) is 17.2 Å². The molecule has 0 aromatic heterocycles. The third-order valence-electron chi connectivity index (χ3n) is 9.95. The molecule has 19 heteroatoms. The molecule has 0 fully saturated rings. The Hall–Kier alpha value is -5.71. The van der Waals surface area contributed by atoms with Gasteiger partial charge in [0.2, 0.25) is 0 Å². The number of hydrogen-bond acceptors (Lipinski definition) is 16. The molecular weight excluding hydrogens is 929 g/mol. The Morgan fingerprint density at radius 2 is 0.676 bits per heavy atom. The number of carboxylic acids is 3. The van der Waals surface area contributed by atoms with E-state index in [1.54, 1.807) is 12.1 Å². The molecule has 0 aliphatic heterocycles. The molecule has 0 saturated carbocycles. The summed E-state index contributed by atoms with van der Waals surface area (Å²) in [6.45, 7) is -1.49. The summed E-state index contributed by atoms with van der Waals surface area (Å²) in [5, 5.41) is 27.4. The fraction of sp³-hybridized carbons (Fsp3) is 0.481. The van der Waals surface area contributed by atoms with Crippen molar-refractivity contribution in [2.45, 2.75) is 49.5 Å². The lowest BCUT2D eigenvalue weighted by Gasteiger charge is -2.27. The SMILES string of the molecule is COC(COCC(=O)O)COC(COCC(=O)O)COC(COCC(=O)O)COC(COc1ccccc1)COC(COc1ccccc1)COC(COCCCc1ccccc1)COc1ccccc1. The van der Waals surface area contributed by atoms with Gasteiger partial charge >= 0.3 is 17.9 Å². The third-order valence-corrected chi connectivity index (χ3v) is 9.95. The van der Waals surface area contributed by atoms with Gasteiger partial charge in [-0.05, 0) is 54.8 Å². The number of benzene rings is 4. The average molecular weight is 997 g/mol. The van der Waals surface area contributed by atoms with Crippen LogP contribution in [0.4, 0.5) is 0 Å². The highest BCUT2D eigenvalue weighted by Crippen LogP contribution is 2.15. The molecule has 0 radical (unpaired) electrons. The Kier molecular flexibility index (Phi) is 29.5. The third kappa shape index (κ3) is 28.1. The first kappa shape index (κ1) is 57.9. The zero-order valence-corrected chi connectivity index (χ0v) is 40.1. The maximum atomic E-state index is 11.4. The van der Waals surface area contributed by atoms with Gasteiger partial charge in [-0.15, -0.1) is 0 Å². The van der Waals surface area contributed by atoms with Crippen LogP contribution in [0.5, 0.6) is 17.2 Å². The van der Waals surface area contributed by atoms with Crippen molar-refractivity contribution in [1.29, 1.82) is 0 Å². The summed E-state index contributed by atoms with van der Waals surface area (Å²) in [7, 11) is 1.40. The standard InChI is InChI=1S/C52H68O19/c1-59-44(25-61-37-50(53)54)29-67-46(27-62-38-51(55)56)31-68-47(28-63-39-52(57)58)32-70-49(34-66-43-22-12-5-13-23-43)36-71-48(33-65-42-20-10-4-11-21-42)35-69-45(30-64-41-18-8-3-9-19-41)26-60-24-14-17-40-15-6-2-7-16-40/h2-13,15-16,18-23,44-49H,14,17,24-39H2,1H3,(H,53,54)(H,55,56)(H,57,58). The second kappa shape index (κ2) is 36.2. The number of methoxy groups -OCH3 is 1. The number of aryl methyl sites for hydroxylation is 1. The van der Waals surface area contributed by atoms with Gasteiger partial charge in [0, 0.05) is 13.7 Å². The summed E-state index contributed by atoms with van der Waals surface area (Å²) in [6, 6.07) is 38.1. The van der Waals surface area contributed by atoms with Crippen molar-refractivity contribution in [2.75, 3.05) is 113 Å². The molecule has 0 spiro atoms. The molecule has 71 heavy (non-hydrogen) atoms. The van der Waals surface area contributed by atoms with E-state index in [0.717, 1.165) is 12.8 Å². The minimum absolute atomic E-state index is 0.0139. The van der Waals surface area contributed by atoms with Crippen LogP contribution in [0.2, 0.25) is 0 Å². The Balaban J connectivity index is 1.46. The van der Waals surface area contributed by atoms with E-state index >= 15 is 0 Å². The fourth-order valence-corrected chi connectivity index (χ4v) is 6.31. The Morgan fingerprint density at radius 1 is 0.380 bits per heavy atom. The molecular formula is C52H68O19. The highest BCUT2D eigenvalue weighted by molar-refractivity contribution is 5.68. The molecule has 6 unspecified atom stereocenters. The van der Waals surface area contributed by atoms with E-state index in [2.05, 4.69) is 12.1 Å². The van der Waals surface area contributed by atoms with Crippen LogP contribution in [0.3, 0.4) is 0 Å². The van der Waals surface area contributed by atoms with Crippen molar-refractivity contribution in [2.24, 2.45) is 0 Å². The van der Waals surface area contributed by atoms with E-state index in [0.29, 0.717) is 23.9 Å². The lowest BCUT2D eigenvalue weighted by molar-refractivity contribution is -0.157. The molecule has 4 rings (SSSR count). The van der Waals surface area contributed by atoms with Crippen LogP contribution >= 0.6 is 0 Å². The zero-order chi connectivity index (χ0) is 50.6. The first-order valence-corrected chi connectivity index (χ1v) is 23.3. The molecule has 4 aromatic carbocycles. The van der Waals surface area contributed by atoms with Crippen LogP contribution < -0.4 is 14.2 Å². The number of carbonyl (C=O) groups is 3. The highest BCUT2D eigenvalue weighted by atomic mass is 16.6. The lowest BCUT2D eigenvalue weighted by atomic mass is 10.1. The van der Waals surface area contributed by atoms with E-state index in [-0.39, 0.29) is 79.3 Å². The van der Waals surface area contributed by atoms with Crippen molar-refractivity contribution in [3.63, 3.8) is 0 Å². The minimum Gasteiger partial charge on any atom is -0.491 e. The van der Waals surface area contributed by atoms with Crippen molar-refractivity contribution in [3.05, 3.63) is 127 Å². The fourth-order valence-electron chi connectivity index (χ4n) is 6.31. The van der Waals surface area contributed by atoms with Crippen molar-refractivity contribution in [1.82, 2.24) is 0 Å². The minimum atomic E-state index is -1.20. The molecule has 0 bridgehead atoms. The molecule has 6 atom stereocenters. The number of carboxylic acid groups (broad SMARTS) is 3. The van der Waals surface area contributed by atoms with Crippen LogP contribution in [0.25, 0.3) is 0 Å². The Morgan fingerprint density at radius 3 is 1.03 bits per heavy atom. The van der Waals surface area contributed by atoms with Crippen LogP contribution in [0.1, 0.15) is 12.0 Å². The molecule has 0 amide bonds. The van der Waals surface area contributed by atoms with Crippen LogP contribution in [-0.2, 0) is 68.2 Å². The highest BCUT2D eigenvalue weighted by Gasteiger charge is 2.24. The van der Waals surface area contributed by atoms with Crippen molar-refractivity contribution >= 4 is 17.9 Å². The second-order valence-corrected chi connectivity index (χ2v) is 15.9. The molecule has 390 valence electrons. The van der Waals surface area contributed by atoms with Crippen molar-refractivity contribution < 1.29 is 91.3 Å². The number of hydrogen-bond donors (Lipinski definition) is 3. The van der Waals surface area contributed by atoms with Gasteiger partial charge in [-0.2, -0.15) is 0 Å². The molecule has 0 aliphatic carbocycles. The average Bonchev–Trinajstić information content (AvgIpc) is 3.38. The first-order chi connectivity index (χ1) is 34.6. The predicted molar refractivity (Wildman–Crippen MR) is 256 cm³/mol. The maximum Gasteiger partial charge on any atom is 0.329 e. The normalized spacial score (nSPS) is 13.9. The summed E-state index contributed by atoms with van der Waals surface area (Å²) < 4.78 is 77.1. The van der Waals surface area contributed by atoms with Crippen LogP contribution in [0, 0.1) is 0 Å². The summed E-state index contributed by atoms with van der Waals surface area (Å²) in [5.41, 5.74) is 1.23. The van der Waals surface area contributed by atoms with E-state index in [1.165, 1.54) is 12.7 Å². The van der Waals surface area contributed by atoms with Gasteiger partial charge in [0.1, 0.15) is 93.5 Å². The monoisotopic (exact) mass is 996 g/mol. The molecule has 0 heterocycles. The number of ether oxygens (including phenoxy) is 13. The van der Waals surface area contributed by atoms with Gasteiger partial charge in [0.25, 0.3) is 0 Å². The van der Waals surface area contributed by atoms with Crippen LogP contribution in [-0.4, -0.2) is 183 Å². The van der Waals surface area contributed by atoms with E-state index in [1.807, 2.05) is 97.1 Å². The smallest absolute Gasteiger partial charge is 0.329 e. The number of rotatable bonds is 43. The Labute approximate surface area is 414 Å². The summed E-state index contributed by atoms with van der Waals surface area (Å²) >= 11 is 0. The molecule has 3 N–H and O–H groups in total. The number of aliphatic carboxylic acids is 3. The molecule has 19 nitrogen and oxygen atoms in total. The maximum absolute atomic E-state index is 11.4. The van der Waals surface area contributed by atoms with Gasteiger partial charge in [-0.3, -0.25) is 0 Å². The van der Waals surface area contributed by atoms with E-state index in [4.69, 9.17) is 71.8 Å². The van der Waals surface area contributed by atoms with E-state index in [9.17, 15) is 19.5 Å². The second-order valence-electron chi connectivity index (χ2n) is 15.9. The molecule has 4 aromatic rings. The Bertz CT molecular complexity index is 1960. The first-order valence-electron chi connectivity index (χ1n) is 23.3. The summed E-state index contributed by atoms with van der Waals surface area (Å²) in [5.74, 6) is -1.64. The molecule has 0 saturated heterocycles. The molecule has 0 aliphatic rings. The number of para-hydroxylation sites is 3. The van der Waals surface area contributed by atoms with Gasteiger partial charge in [-0.25, -0.2) is 14.4 Å². The summed E-state index contributed by atoms with van der Waals surface area (Å²) in [4.78, 5) is 33.6. The predicted octanol–water partition coefficient (Wildman–Crippen LogP) is 5.12. The van der Waals surface area contributed by atoms with Gasteiger partial charge in [-0.1, -0.05) is 84.9 Å². The lowest BCUT2D eigenvalue weighted by Crippen LogP contribution is -2.39. The largest absolute Gasteiger partial charge is 0.491 e. The quantitative estimate of drug-likeness (QED) is 0.0489.